The number of rotatable bonds is 4. The molecule has 0 radical (unpaired) electrons. The number of aromatic nitrogens is 2. The number of hydrogen-bond donors (Lipinski definition) is 2. The quantitative estimate of drug-likeness (QED) is 0.821. The van der Waals surface area contributed by atoms with E-state index in [1.54, 1.807) is 17.8 Å². The maximum Gasteiger partial charge on any atom is 0.272 e. The Balaban J connectivity index is 1.76. The summed E-state index contributed by atoms with van der Waals surface area (Å²) in [6, 6.07) is 1.97. The minimum absolute atomic E-state index is 0.00492. The zero-order valence-electron chi connectivity index (χ0n) is 12.8. The second-order valence-electron chi connectivity index (χ2n) is 5.73. The minimum Gasteiger partial charge on any atom is -0.352 e. The van der Waals surface area contributed by atoms with Crippen LogP contribution in [-0.4, -0.2) is 34.2 Å². The Morgan fingerprint density at radius 1 is 1.29 bits per heavy atom. The Labute approximate surface area is 125 Å². The highest BCUT2D eigenvalue weighted by Gasteiger charge is 2.16. The first-order valence-corrected chi connectivity index (χ1v) is 7.64. The third-order valence-electron chi connectivity index (χ3n) is 3.98. The molecule has 1 saturated carbocycles. The first-order valence-electron chi connectivity index (χ1n) is 7.64. The molecule has 2 N–H and O–H groups in total. The third kappa shape index (κ3) is 4.58. The topological polar surface area (TPSA) is 76.0 Å². The lowest BCUT2D eigenvalue weighted by Crippen LogP contribution is -2.41. The first kappa shape index (κ1) is 15.5. The molecular weight excluding hydrogens is 268 g/mol. The average Bonchev–Trinajstić information content (AvgIpc) is 2.67. The Kier molecular flexibility index (Phi) is 5.36. The molecule has 21 heavy (non-hydrogen) atoms. The van der Waals surface area contributed by atoms with Crippen LogP contribution in [0, 0.1) is 6.92 Å². The molecule has 1 fully saturated rings. The highest BCUT2D eigenvalue weighted by atomic mass is 16.2. The molecule has 1 aliphatic rings. The van der Waals surface area contributed by atoms with Crippen molar-refractivity contribution in [2.75, 3.05) is 6.54 Å². The number of carbonyl (C=O) groups excluding carboxylic acids is 2. The summed E-state index contributed by atoms with van der Waals surface area (Å²) in [5, 5.41) is 9.71. The van der Waals surface area contributed by atoms with Gasteiger partial charge in [-0.25, -0.2) is 0 Å². The smallest absolute Gasteiger partial charge is 0.272 e. The van der Waals surface area contributed by atoms with Crippen LogP contribution in [0.15, 0.2) is 6.07 Å². The summed E-state index contributed by atoms with van der Waals surface area (Å²) in [7, 11) is 1.78. The van der Waals surface area contributed by atoms with Crippen LogP contribution in [0.1, 0.15) is 54.7 Å². The van der Waals surface area contributed by atoms with Crippen LogP contribution in [0.2, 0.25) is 0 Å². The second kappa shape index (κ2) is 7.24. The van der Waals surface area contributed by atoms with Crippen LogP contribution in [0.3, 0.4) is 0 Å². The van der Waals surface area contributed by atoms with Crippen molar-refractivity contribution in [2.24, 2.45) is 7.05 Å². The summed E-state index contributed by atoms with van der Waals surface area (Å²) in [6.45, 7) is 1.88. The standard InChI is InChI=1S/C15H24N4O2/c1-11-9-13(18-19(11)2)15(21)16-10-14(20)17-12-7-5-3-4-6-8-12/h9,12H,3-8,10H2,1-2H3,(H,16,21)(H,17,20). The molecule has 0 atom stereocenters. The highest BCUT2D eigenvalue weighted by molar-refractivity contribution is 5.94. The maximum atomic E-state index is 11.9. The van der Waals surface area contributed by atoms with Crippen molar-refractivity contribution in [3.8, 4) is 0 Å². The van der Waals surface area contributed by atoms with Gasteiger partial charge >= 0.3 is 0 Å². The van der Waals surface area contributed by atoms with E-state index in [2.05, 4.69) is 15.7 Å². The van der Waals surface area contributed by atoms with Crippen molar-refractivity contribution in [3.63, 3.8) is 0 Å². The van der Waals surface area contributed by atoms with Gasteiger partial charge in [-0.05, 0) is 25.8 Å². The van der Waals surface area contributed by atoms with Gasteiger partial charge in [0.2, 0.25) is 5.91 Å². The van der Waals surface area contributed by atoms with Gasteiger partial charge in [0.25, 0.3) is 5.91 Å². The number of nitrogens with one attached hydrogen (secondary N) is 2. The molecule has 0 saturated heterocycles. The van der Waals surface area contributed by atoms with Gasteiger partial charge in [-0.15, -0.1) is 0 Å². The SMILES string of the molecule is Cc1cc(C(=O)NCC(=O)NC2CCCCCC2)nn1C. The lowest BCUT2D eigenvalue weighted by molar-refractivity contribution is -0.120. The predicted octanol–water partition coefficient (Wildman–Crippen LogP) is 1.30. The molecule has 6 heteroatoms. The summed E-state index contributed by atoms with van der Waals surface area (Å²) in [6.07, 6.45) is 6.93. The normalized spacial score (nSPS) is 16.3. The fourth-order valence-electron chi connectivity index (χ4n) is 2.63. The molecular formula is C15H24N4O2. The molecule has 2 rings (SSSR count). The summed E-state index contributed by atoms with van der Waals surface area (Å²) in [5.41, 5.74) is 1.25. The van der Waals surface area contributed by atoms with E-state index in [1.165, 1.54) is 25.7 Å². The van der Waals surface area contributed by atoms with Crippen molar-refractivity contribution >= 4 is 11.8 Å². The number of nitrogens with zero attached hydrogens (tertiary/aromatic N) is 2. The van der Waals surface area contributed by atoms with Gasteiger partial charge in [-0.2, -0.15) is 5.10 Å². The molecule has 0 unspecified atom stereocenters. The molecule has 1 aromatic heterocycles. The van der Waals surface area contributed by atoms with Crippen LogP contribution in [0.5, 0.6) is 0 Å². The number of amides is 2. The molecule has 0 aliphatic heterocycles. The summed E-state index contributed by atoms with van der Waals surface area (Å²) < 4.78 is 1.64. The van der Waals surface area contributed by atoms with Crippen molar-refractivity contribution in [2.45, 2.75) is 51.5 Å². The molecule has 1 heterocycles. The molecule has 0 spiro atoms. The molecule has 116 valence electrons. The van der Waals surface area contributed by atoms with Crippen LogP contribution in [-0.2, 0) is 11.8 Å². The van der Waals surface area contributed by atoms with Gasteiger partial charge in [-0.3, -0.25) is 14.3 Å². The lowest BCUT2D eigenvalue weighted by Gasteiger charge is -2.16. The molecule has 6 nitrogen and oxygen atoms in total. The zero-order valence-corrected chi connectivity index (χ0v) is 12.8. The summed E-state index contributed by atoms with van der Waals surface area (Å²) in [5.74, 6) is -0.433. The van der Waals surface area contributed by atoms with Gasteiger partial charge < -0.3 is 10.6 Å². The molecule has 1 aromatic rings. The Morgan fingerprint density at radius 3 is 2.52 bits per heavy atom. The second-order valence-corrected chi connectivity index (χ2v) is 5.73. The van der Waals surface area contributed by atoms with Gasteiger partial charge in [0.1, 0.15) is 5.69 Å². The zero-order chi connectivity index (χ0) is 15.2. The molecule has 1 aliphatic carbocycles. The summed E-state index contributed by atoms with van der Waals surface area (Å²) >= 11 is 0. The van der Waals surface area contributed by atoms with Crippen molar-refractivity contribution in [1.82, 2.24) is 20.4 Å². The van der Waals surface area contributed by atoms with Crippen LogP contribution in [0.25, 0.3) is 0 Å². The number of hydrogen-bond acceptors (Lipinski definition) is 3. The molecule has 0 bridgehead atoms. The Bertz CT molecular complexity index is 482. The number of aryl methyl sites for hydroxylation is 2. The predicted molar refractivity (Wildman–Crippen MR) is 79.9 cm³/mol. The molecule has 0 aromatic carbocycles. The van der Waals surface area contributed by atoms with Crippen molar-refractivity contribution < 1.29 is 9.59 Å². The van der Waals surface area contributed by atoms with Crippen molar-refractivity contribution in [1.29, 1.82) is 0 Å². The van der Waals surface area contributed by atoms with E-state index in [4.69, 9.17) is 0 Å². The van der Waals surface area contributed by atoms with E-state index in [9.17, 15) is 9.59 Å². The number of carbonyl (C=O) groups is 2. The van der Waals surface area contributed by atoms with E-state index < -0.39 is 0 Å². The Morgan fingerprint density at radius 2 is 1.95 bits per heavy atom. The van der Waals surface area contributed by atoms with Crippen LogP contribution >= 0.6 is 0 Å². The lowest BCUT2D eigenvalue weighted by atomic mass is 10.1. The van der Waals surface area contributed by atoms with E-state index in [0.29, 0.717) is 5.69 Å². The van der Waals surface area contributed by atoms with E-state index in [0.717, 1.165) is 18.5 Å². The maximum absolute atomic E-state index is 11.9. The monoisotopic (exact) mass is 292 g/mol. The summed E-state index contributed by atoms with van der Waals surface area (Å²) in [4.78, 5) is 23.8. The van der Waals surface area contributed by atoms with E-state index in [1.807, 2.05) is 6.92 Å². The molecule has 2 amide bonds. The third-order valence-corrected chi connectivity index (χ3v) is 3.98. The minimum atomic E-state index is -0.310. The highest BCUT2D eigenvalue weighted by Crippen LogP contribution is 2.16. The fourth-order valence-corrected chi connectivity index (χ4v) is 2.63. The van der Waals surface area contributed by atoms with Crippen molar-refractivity contribution in [3.05, 3.63) is 17.5 Å². The van der Waals surface area contributed by atoms with Crippen LogP contribution < -0.4 is 10.6 Å². The van der Waals surface area contributed by atoms with E-state index in [-0.39, 0.29) is 24.4 Å². The van der Waals surface area contributed by atoms with Gasteiger partial charge in [0.15, 0.2) is 0 Å². The van der Waals surface area contributed by atoms with Gasteiger partial charge in [0.05, 0.1) is 6.54 Å². The first-order chi connectivity index (χ1) is 10.1. The van der Waals surface area contributed by atoms with Gasteiger partial charge in [0, 0.05) is 18.8 Å². The van der Waals surface area contributed by atoms with Crippen LogP contribution in [0.4, 0.5) is 0 Å². The van der Waals surface area contributed by atoms with Gasteiger partial charge in [-0.1, -0.05) is 25.7 Å². The Hall–Kier alpha value is -1.85. The van der Waals surface area contributed by atoms with E-state index >= 15 is 0 Å². The fraction of sp³-hybridized carbons (Fsp3) is 0.667. The largest absolute Gasteiger partial charge is 0.352 e. The average molecular weight is 292 g/mol.